The molecule has 3 N–H and O–H groups in total. The molecule has 1 rings (SSSR count). The Hall–Kier alpha value is -2.42. The number of allylic oxidation sites excluding steroid dienone is 1. The molecule has 1 heterocycles. The van der Waals surface area contributed by atoms with Crippen LogP contribution in [0.4, 0.5) is 4.39 Å². The normalized spacial score (nSPS) is 18.9. The van der Waals surface area contributed by atoms with Crippen molar-refractivity contribution < 1.29 is 28.6 Å². The van der Waals surface area contributed by atoms with E-state index in [0.717, 1.165) is 6.21 Å². The number of aliphatic hydroxyl groups is 1. The summed E-state index contributed by atoms with van der Waals surface area (Å²) in [6.45, 7) is 3.26. The maximum atomic E-state index is 12.9. The number of Topliss-reactive ketones (excluding diaryl/α,β-unsaturated/α-hetero) is 1. The maximum Gasteiger partial charge on any atom is 0.328 e. The summed E-state index contributed by atoms with van der Waals surface area (Å²) in [5, 5.41) is 19.2. The fourth-order valence-corrected chi connectivity index (χ4v) is 2.08. The van der Waals surface area contributed by atoms with Gasteiger partial charge in [-0.2, -0.15) is 0 Å². The van der Waals surface area contributed by atoms with Crippen molar-refractivity contribution in [2.75, 3.05) is 0 Å². The molecule has 0 fully saturated rings. The van der Waals surface area contributed by atoms with E-state index in [1.54, 1.807) is 13.8 Å². The molecule has 0 aromatic rings. The van der Waals surface area contributed by atoms with Gasteiger partial charge in [-0.1, -0.05) is 0 Å². The lowest BCUT2D eigenvalue weighted by atomic mass is 10.0. The molecule has 0 bridgehead atoms. The Bertz CT molecular complexity index is 588. The van der Waals surface area contributed by atoms with Gasteiger partial charge in [0.05, 0.1) is 24.6 Å². The van der Waals surface area contributed by atoms with Crippen LogP contribution in [0.1, 0.15) is 33.1 Å². The first-order valence-electron chi connectivity index (χ1n) is 7.85. The minimum Gasteiger partial charge on any atom is -0.461 e. The Morgan fingerprint density at radius 3 is 2.72 bits per heavy atom. The third-order valence-corrected chi connectivity index (χ3v) is 3.37. The number of nitrogens with zero attached hydrogens (tertiary/aromatic N) is 1. The lowest BCUT2D eigenvalue weighted by Crippen LogP contribution is -2.49. The van der Waals surface area contributed by atoms with E-state index in [4.69, 9.17) is 10.1 Å². The molecule has 25 heavy (non-hydrogen) atoms. The van der Waals surface area contributed by atoms with E-state index in [9.17, 15) is 23.9 Å². The van der Waals surface area contributed by atoms with Crippen molar-refractivity contribution in [2.24, 2.45) is 4.99 Å². The van der Waals surface area contributed by atoms with Gasteiger partial charge in [-0.3, -0.25) is 14.6 Å². The Morgan fingerprint density at radius 2 is 2.20 bits per heavy atom. The minimum atomic E-state index is -1.58. The third kappa shape index (κ3) is 6.92. The van der Waals surface area contributed by atoms with Gasteiger partial charge < -0.3 is 20.6 Å². The second kappa shape index (κ2) is 9.77. The van der Waals surface area contributed by atoms with Crippen LogP contribution in [-0.2, 0) is 19.1 Å². The summed E-state index contributed by atoms with van der Waals surface area (Å²) in [4.78, 5) is 39.2. The van der Waals surface area contributed by atoms with Gasteiger partial charge in [-0.15, -0.1) is 0 Å². The predicted molar refractivity (Wildman–Crippen MR) is 88.3 cm³/mol. The number of hydrogen-bond acceptors (Lipinski definition) is 7. The van der Waals surface area contributed by atoms with Crippen molar-refractivity contribution in [1.29, 1.82) is 5.41 Å². The minimum absolute atomic E-state index is 0.0459. The molecule has 0 spiro atoms. The number of dihydropyridines is 1. The van der Waals surface area contributed by atoms with E-state index in [1.165, 1.54) is 6.08 Å². The number of rotatable bonds is 9. The van der Waals surface area contributed by atoms with Crippen molar-refractivity contribution in [2.45, 2.75) is 57.4 Å². The molecule has 1 aliphatic rings. The number of nitrogens with one attached hydrogen (secondary N) is 2. The maximum absolute atomic E-state index is 12.9. The van der Waals surface area contributed by atoms with Gasteiger partial charge in [-0.25, -0.2) is 9.18 Å². The fraction of sp³-hybridized carbons (Fsp3) is 0.562. The Labute approximate surface area is 144 Å². The molecule has 0 aromatic carbocycles. The van der Waals surface area contributed by atoms with Crippen LogP contribution in [0.5, 0.6) is 0 Å². The molecule has 1 aliphatic heterocycles. The lowest BCUT2D eigenvalue weighted by molar-refractivity contribution is -0.152. The van der Waals surface area contributed by atoms with Gasteiger partial charge in [0, 0.05) is 6.42 Å². The van der Waals surface area contributed by atoms with Crippen LogP contribution in [0, 0.1) is 5.41 Å². The van der Waals surface area contributed by atoms with E-state index in [2.05, 4.69) is 10.3 Å². The average molecular weight is 355 g/mol. The molecule has 0 aromatic heterocycles. The van der Waals surface area contributed by atoms with Crippen LogP contribution in [0.25, 0.3) is 0 Å². The summed E-state index contributed by atoms with van der Waals surface area (Å²) >= 11 is 0. The summed E-state index contributed by atoms with van der Waals surface area (Å²) in [7, 11) is 0. The van der Waals surface area contributed by atoms with E-state index in [-0.39, 0.29) is 19.3 Å². The number of ketones is 1. The van der Waals surface area contributed by atoms with Crippen LogP contribution in [0.2, 0.25) is 0 Å². The summed E-state index contributed by atoms with van der Waals surface area (Å²) in [6, 6.07) is -2.00. The molecule has 1 amide bonds. The topological polar surface area (TPSA) is 129 Å². The van der Waals surface area contributed by atoms with E-state index in [0.29, 0.717) is 6.21 Å². The number of aliphatic hydroxyl groups excluding tert-OH is 1. The molecule has 9 heteroatoms. The molecule has 0 saturated heterocycles. The molecule has 1 unspecified atom stereocenters. The Balaban J connectivity index is 2.72. The SMILES string of the molecule is CC(C)OC(=O)[C@H](CCC(=O)C=N)NC(=O)[C@H](O)C1CC=C(F)C=N1. The van der Waals surface area contributed by atoms with Gasteiger partial charge in [0.2, 0.25) is 0 Å². The highest BCUT2D eigenvalue weighted by atomic mass is 19.1. The summed E-state index contributed by atoms with van der Waals surface area (Å²) < 4.78 is 17.9. The van der Waals surface area contributed by atoms with Gasteiger partial charge in [0.15, 0.2) is 11.9 Å². The first-order valence-corrected chi connectivity index (χ1v) is 7.85. The van der Waals surface area contributed by atoms with Gasteiger partial charge >= 0.3 is 5.97 Å². The molecule has 0 saturated carbocycles. The van der Waals surface area contributed by atoms with Crippen LogP contribution < -0.4 is 5.32 Å². The zero-order valence-electron chi connectivity index (χ0n) is 14.1. The number of aliphatic imine (C=N–C) groups is 1. The monoisotopic (exact) mass is 355 g/mol. The largest absolute Gasteiger partial charge is 0.461 e. The summed E-state index contributed by atoms with van der Waals surface area (Å²) in [5.41, 5.74) is 0. The van der Waals surface area contributed by atoms with Crippen LogP contribution in [-0.4, -0.2) is 59.5 Å². The quantitative estimate of drug-likeness (QED) is 0.409. The summed E-state index contributed by atoms with van der Waals surface area (Å²) in [6.07, 6.45) is 0.580. The highest BCUT2D eigenvalue weighted by Gasteiger charge is 2.31. The van der Waals surface area contributed by atoms with Crippen LogP contribution >= 0.6 is 0 Å². The number of hydrogen-bond donors (Lipinski definition) is 3. The van der Waals surface area contributed by atoms with Gasteiger partial charge in [0.25, 0.3) is 5.91 Å². The number of halogens is 1. The van der Waals surface area contributed by atoms with E-state index in [1.807, 2.05) is 0 Å². The molecule has 0 aliphatic carbocycles. The molecule has 0 radical (unpaired) electrons. The zero-order chi connectivity index (χ0) is 19.0. The van der Waals surface area contributed by atoms with Crippen LogP contribution in [0.3, 0.4) is 0 Å². The number of ether oxygens (including phenoxy) is 1. The van der Waals surface area contributed by atoms with Crippen molar-refractivity contribution in [3.63, 3.8) is 0 Å². The number of amides is 1. The van der Waals surface area contributed by atoms with Gasteiger partial charge in [0.1, 0.15) is 11.9 Å². The second-order valence-electron chi connectivity index (χ2n) is 5.81. The molecule has 8 nitrogen and oxygen atoms in total. The van der Waals surface area contributed by atoms with Gasteiger partial charge in [-0.05, 0) is 32.8 Å². The van der Waals surface area contributed by atoms with Crippen molar-refractivity contribution in [1.82, 2.24) is 5.32 Å². The van der Waals surface area contributed by atoms with E-state index >= 15 is 0 Å². The Morgan fingerprint density at radius 1 is 1.52 bits per heavy atom. The van der Waals surface area contributed by atoms with E-state index < -0.39 is 47.8 Å². The smallest absolute Gasteiger partial charge is 0.328 e. The zero-order valence-corrected chi connectivity index (χ0v) is 14.1. The van der Waals surface area contributed by atoms with Crippen molar-refractivity contribution in [3.8, 4) is 0 Å². The molecule has 138 valence electrons. The van der Waals surface area contributed by atoms with Crippen LogP contribution in [0.15, 0.2) is 16.9 Å². The third-order valence-electron chi connectivity index (χ3n) is 3.37. The summed E-state index contributed by atoms with van der Waals surface area (Å²) in [5.74, 6) is -2.67. The Kier molecular flexibility index (Phi) is 8.06. The number of carbonyl (C=O) groups is 3. The van der Waals surface area contributed by atoms with Crippen molar-refractivity contribution >= 4 is 30.1 Å². The first kappa shape index (κ1) is 20.6. The highest BCUT2D eigenvalue weighted by Crippen LogP contribution is 2.14. The molecular weight excluding hydrogens is 333 g/mol. The highest BCUT2D eigenvalue weighted by molar-refractivity contribution is 6.26. The number of esters is 1. The molecular formula is C16H22FN3O5. The fourth-order valence-electron chi connectivity index (χ4n) is 2.08. The van der Waals surface area contributed by atoms with Crippen molar-refractivity contribution in [3.05, 3.63) is 11.9 Å². The molecule has 3 atom stereocenters. The first-order chi connectivity index (χ1) is 11.7. The second-order valence-corrected chi connectivity index (χ2v) is 5.81. The average Bonchev–Trinajstić information content (AvgIpc) is 2.57. The number of carbonyl (C=O) groups excluding carboxylic acids is 3. The lowest BCUT2D eigenvalue weighted by Gasteiger charge is -2.23. The standard InChI is InChI=1S/C16H22FN3O5/c1-9(2)25-16(24)13(6-4-11(21)7-18)20-15(23)14(22)12-5-3-10(17)8-19-12/h3,7-9,12-14,18,22H,4-6H2,1-2H3,(H,20,23)/t12?,13-,14+/m0/s1. The predicted octanol–water partition coefficient (Wildman–Crippen LogP) is 0.479.